The fourth-order valence-corrected chi connectivity index (χ4v) is 1.85. The van der Waals surface area contributed by atoms with Crippen molar-refractivity contribution in [1.29, 1.82) is 0 Å². The van der Waals surface area contributed by atoms with Gasteiger partial charge in [-0.05, 0) is 36.4 Å². The summed E-state index contributed by atoms with van der Waals surface area (Å²) >= 11 is 5.74. The molecule has 0 aromatic heterocycles. The van der Waals surface area contributed by atoms with Crippen LogP contribution in [-0.4, -0.2) is 12.5 Å². The highest BCUT2D eigenvalue weighted by atomic mass is 35.5. The Morgan fingerprint density at radius 2 is 1.68 bits per heavy atom. The number of hydrogen-bond donors (Lipinski definition) is 2. The van der Waals surface area contributed by atoms with Gasteiger partial charge in [0.05, 0.1) is 5.69 Å². The fourth-order valence-electron chi connectivity index (χ4n) is 1.72. The highest BCUT2D eigenvalue weighted by Crippen LogP contribution is 2.19. The molecule has 0 unspecified atom stereocenters. The molecule has 2 aromatic carbocycles. The summed E-state index contributed by atoms with van der Waals surface area (Å²) in [6, 6.07) is 8.60. The second-order valence-electron chi connectivity index (χ2n) is 4.45. The number of nitrogens with one attached hydrogen (secondary N) is 2. The van der Waals surface area contributed by atoms with E-state index in [9.17, 15) is 18.0 Å². The van der Waals surface area contributed by atoms with E-state index in [1.54, 1.807) is 24.3 Å². The summed E-state index contributed by atoms with van der Waals surface area (Å²) in [4.78, 5) is 11.7. The van der Waals surface area contributed by atoms with E-state index in [2.05, 4.69) is 10.6 Å². The Hall–Kier alpha value is -2.21. The Labute approximate surface area is 130 Å². The molecule has 2 N–H and O–H groups in total. The van der Waals surface area contributed by atoms with Crippen molar-refractivity contribution in [2.45, 2.75) is 6.42 Å². The highest BCUT2D eigenvalue weighted by molar-refractivity contribution is 6.30. The monoisotopic (exact) mass is 328 g/mol. The van der Waals surface area contributed by atoms with E-state index >= 15 is 0 Å². The van der Waals surface area contributed by atoms with E-state index in [0.717, 1.165) is 17.8 Å². The van der Waals surface area contributed by atoms with Gasteiger partial charge < -0.3 is 10.6 Å². The summed E-state index contributed by atoms with van der Waals surface area (Å²) in [6.07, 6.45) is 0.0288. The Balaban J connectivity index is 1.86. The minimum Gasteiger partial charge on any atom is -0.385 e. The molecular weight excluding hydrogens is 317 g/mol. The lowest BCUT2D eigenvalue weighted by molar-refractivity contribution is -0.116. The second-order valence-corrected chi connectivity index (χ2v) is 4.89. The van der Waals surface area contributed by atoms with Gasteiger partial charge >= 0.3 is 0 Å². The first-order chi connectivity index (χ1) is 10.5. The second kappa shape index (κ2) is 7.17. The molecule has 0 aliphatic rings. The molecule has 2 aromatic rings. The van der Waals surface area contributed by atoms with Crippen LogP contribution in [0, 0.1) is 17.5 Å². The lowest BCUT2D eigenvalue weighted by Gasteiger charge is -2.09. The Morgan fingerprint density at radius 3 is 2.36 bits per heavy atom. The normalized spacial score (nSPS) is 10.4. The molecule has 2 rings (SSSR count). The summed E-state index contributed by atoms with van der Waals surface area (Å²) in [5.41, 5.74) is 0.381. The molecule has 0 saturated carbocycles. The van der Waals surface area contributed by atoms with Gasteiger partial charge in [-0.3, -0.25) is 4.79 Å². The predicted molar refractivity (Wildman–Crippen MR) is 79.5 cm³/mol. The zero-order chi connectivity index (χ0) is 16.1. The summed E-state index contributed by atoms with van der Waals surface area (Å²) in [7, 11) is 0. The molecule has 22 heavy (non-hydrogen) atoms. The predicted octanol–water partition coefficient (Wildman–Crippen LogP) is 4.20. The molecule has 0 fully saturated rings. The largest absolute Gasteiger partial charge is 0.385 e. The van der Waals surface area contributed by atoms with Crippen molar-refractivity contribution in [3.8, 4) is 0 Å². The zero-order valence-corrected chi connectivity index (χ0v) is 12.1. The van der Waals surface area contributed by atoms with Crippen molar-refractivity contribution < 1.29 is 18.0 Å². The Morgan fingerprint density at radius 1 is 1.00 bits per heavy atom. The van der Waals surface area contributed by atoms with Gasteiger partial charge in [0, 0.05) is 23.7 Å². The lowest BCUT2D eigenvalue weighted by atomic mass is 10.2. The average molecular weight is 329 g/mol. The van der Waals surface area contributed by atoms with Gasteiger partial charge in [-0.25, -0.2) is 13.2 Å². The number of anilines is 2. The SMILES string of the molecule is O=C(CCNc1ccc(Cl)cc1)Nc1ccc(F)c(F)c1F. The van der Waals surface area contributed by atoms with Crippen LogP contribution in [-0.2, 0) is 4.79 Å². The average Bonchev–Trinajstić information content (AvgIpc) is 2.50. The van der Waals surface area contributed by atoms with E-state index in [4.69, 9.17) is 11.6 Å². The number of carbonyl (C=O) groups is 1. The maximum absolute atomic E-state index is 13.4. The summed E-state index contributed by atoms with van der Waals surface area (Å²) in [5, 5.41) is 5.76. The van der Waals surface area contributed by atoms with Gasteiger partial charge in [0.1, 0.15) is 0 Å². The quantitative estimate of drug-likeness (QED) is 0.808. The standard InChI is InChI=1S/C15H12ClF3N2O/c16-9-1-3-10(4-2-9)20-8-7-13(22)21-12-6-5-11(17)14(18)15(12)19/h1-6,20H,7-8H2,(H,21,22). The van der Waals surface area contributed by atoms with Crippen LogP contribution in [0.5, 0.6) is 0 Å². The number of benzene rings is 2. The lowest BCUT2D eigenvalue weighted by Crippen LogP contribution is -2.17. The van der Waals surface area contributed by atoms with Crippen LogP contribution >= 0.6 is 11.6 Å². The maximum Gasteiger partial charge on any atom is 0.226 e. The first-order valence-electron chi connectivity index (χ1n) is 6.40. The molecule has 7 heteroatoms. The first kappa shape index (κ1) is 16.2. The molecule has 0 aliphatic carbocycles. The fraction of sp³-hybridized carbons (Fsp3) is 0.133. The molecule has 0 heterocycles. The summed E-state index contributed by atoms with van der Waals surface area (Å²) in [5.74, 6) is -4.86. The van der Waals surface area contributed by atoms with Crippen molar-refractivity contribution in [2.75, 3.05) is 17.2 Å². The van der Waals surface area contributed by atoms with Gasteiger partial charge in [0.2, 0.25) is 5.91 Å². The summed E-state index contributed by atoms with van der Waals surface area (Å²) in [6.45, 7) is 0.290. The van der Waals surface area contributed by atoms with Crippen LogP contribution in [0.2, 0.25) is 5.02 Å². The molecule has 0 bridgehead atoms. The van der Waals surface area contributed by atoms with Crippen molar-refractivity contribution in [1.82, 2.24) is 0 Å². The number of halogens is 4. The number of hydrogen-bond acceptors (Lipinski definition) is 2. The van der Waals surface area contributed by atoms with Crippen LogP contribution in [0.4, 0.5) is 24.5 Å². The highest BCUT2D eigenvalue weighted by Gasteiger charge is 2.14. The van der Waals surface area contributed by atoms with E-state index in [1.807, 2.05) is 0 Å². The van der Waals surface area contributed by atoms with E-state index in [1.165, 1.54) is 0 Å². The van der Waals surface area contributed by atoms with Gasteiger partial charge in [-0.2, -0.15) is 0 Å². The van der Waals surface area contributed by atoms with Gasteiger partial charge in [-0.1, -0.05) is 11.6 Å². The van der Waals surface area contributed by atoms with Crippen molar-refractivity contribution >= 4 is 28.9 Å². The maximum atomic E-state index is 13.4. The molecule has 0 saturated heterocycles. The minimum absolute atomic E-state index is 0.0288. The Bertz CT molecular complexity index is 677. The van der Waals surface area contributed by atoms with Crippen LogP contribution in [0.15, 0.2) is 36.4 Å². The third kappa shape index (κ3) is 4.14. The smallest absolute Gasteiger partial charge is 0.226 e. The third-order valence-electron chi connectivity index (χ3n) is 2.83. The van der Waals surface area contributed by atoms with Crippen molar-refractivity contribution in [2.24, 2.45) is 0 Å². The molecule has 1 amide bonds. The van der Waals surface area contributed by atoms with Gasteiger partial charge in [0.25, 0.3) is 0 Å². The van der Waals surface area contributed by atoms with E-state index in [0.29, 0.717) is 11.6 Å². The minimum atomic E-state index is -1.61. The van der Waals surface area contributed by atoms with E-state index < -0.39 is 29.0 Å². The molecule has 116 valence electrons. The molecule has 0 radical (unpaired) electrons. The molecule has 0 spiro atoms. The number of rotatable bonds is 5. The van der Waals surface area contributed by atoms with Gasteiger partial charge in [0.15, 0.2) is 17.5 Å². The molecule has 0 atom stereocenters. The van der Waals surface area contributed by atoms with Crippen molar-refractivity contribution in [3.63, 3.8) is 0 Å². The van der Waals surface area contributed by atoms with E-state index in [-0.39, 0.29) is 6.42 Å². The summed E-state index contributed by atoms with van der Waals surface area (Å²) < 4.78 is 39.2. The van der Waals surface area contributed by atoms with Gasteiger partial charge in [-0.15, -0.1) is 0 Å². The van der Waals surface area contributed by atoms with Crippen LogP contribution in [0.3, 0.4) is 0 Å². The first-order valence-corrected chi connectivity index (χ1v) is 6.78. The van der Waals surface area contributed by atoms with Crippen LogP contribution < -0.4 is 10.6 Å². The van der Waals surface area contributed by atoms with Crippen molar-refractivity contribution in [3.05, 3.63) is 58.9 Å². The number of carbonyl (C=O) groups excluding carboxylic acids is 1. The topological polar surface area (TPSA) is 41.1 Å². The van der Waals surface area contributed by atoms with Crippen LogP contribution in [0.25, 0.3) is 0 Å². The molecule has 0 aliphatic heterocycles. The Kier molecular flexibility index (Phi) is 5.27. The zero-order valence-electron chi connectivity index (χ0n) is 11.3. The number of amides is 1. The molecular formula is C15H12ClF3N2O. The molecule has 3 nitrogen and oxygen atoms in total. The third-order valence-corrected chi connectivity index (χ3v) is 3.09. The van der Waals surface area contributed by atoms with Crippen LogP contribution in [0.1, 0.15) is 6.42 Å².